The highest BCUT2D eigenvalue weighted by molar-refractivity contribution is 5.06. The Kier molecular flexibility index (Phi) is 2.16. The van der Waals surface area contributed by atoms with Gasteiger partial charge in [-0.2, -0.15) is 0 Å². The molecule has 4 aliphatic rings. The van der Waals surface area contributed by atoms with Crippen LogP contribution in [0.3, 0.4) is 0 Å². The van der Waals surface area contributed by atoms with Crippen molar-refractivity contribution in [2.45, 2.75) is 64.0 Å². The van der Waals surface area contributed by atoms with Gasteiger partial charge in [0, 0.05) is 12.1 Å². The van der Waals surface area contributed by atoms with Gasteiger partial charge in [-0.1, -0.05) is 6.42 Å². The Morgan fingerprint density at radius 2 is 1.75 bits per heavy atom. The first-order valence-corrected chi connectivity index (χ1v) is 7.59. The Labute approximate surface area is 99.4 Å². The summed E-state index contributed by atoms with van der Waals surface area (Å²) in [7, 11) is 0. The van der Waals surface area contributed by atoms with Crippen molar-refractivity contribution in [2.24, 2.45) is 29.6 Å². The summed E-state index contributed by atoms with van der Waals surface area (Å²) in [6.45, 7) is 2.43. The quantitative estimate of drug-likeness (QED) is 0.768. The zero-order valence-electron chi connectivity index (χ0n) is 10.5. The second-order valence-corrected chi connectivity index (χ2v) is 7.05. The van der Waals surface area contributed by atoms with E-state index < -0.39 is 0 Å². The van der Waals surface area contributed by atoms with Gasteiger partial charge in [0.25, 0.3) is 0 Å². The molecule has 0 spiro atoms. The third-order valence-electron chi connectivity index (χ3n) is 6.23. The number of fused-ring (bicyclic) bond motifs is 5. The maximum Gasteiger partial charge on any atom is 0.0103 e. The standard InChI is InChI=1S/C15H25N/c1-9(10-5-6-10)16-15-8-11-7-14(15)13-4-2-3-12(11)13/h9-16H,2-8H2,1H3. The zero-order valence-corrected chi connectivity index (χ0v) is 10.5. The van der Waals surface area contributed by atoms with E-state index in [-0.39, 0.29) is 0 Å². The van der Waals surface area contributed by atoms with Gasteiger partial charge in [0.05, 0.1) is 0 Å². The van der Waals surface area contributed by atoms with Gasteiger partial charge in [0.2, 0.25) is 0 Å². The van der Waals surface area contributed by atoms with Crippen molar-refractivity contribution < 1.29 is 0 Å². The van der Waals surface area contributed by atoms with Gasteiger partial charge in [-0.25, -0.2) is 0 Å². The summed E-state index contributed by atoms with van der Waals surface area (Å²) in [5, 5.41) is 3.98. The van der Waals surface area contributed by atoms with E-state index in [1.165, 1.54) is 25.7 Å². The van der Waals surface area contributed by atoms with Crippen LogP contribution in [0.4, 0.5) is 0 Å². The minimum absolute atomic E-state index is 0.809. The summed E-state index contributed by atoms with van der Waals surface area (Å²) in [6.07, 6.45) is 10.7. The zero-order chi connectivity index (χ0) is 10.7. The number of nitrogens with one attached hydrogen (secondary N) is 1. The van der Waals surface area contributed by atoms with Crippen molar-refractivity contribution in [2.75, 3.05) is 0 Å². The molecule has 16 heavy (non-hydrogen) atoms. The molecular weight excluding hydrogens is 194 g/mol. The summed E-state index contributed by atoms with van der Waals surface area (Å²) < 4.78 is 0. The molecule has 4 fully saturated rings. The fourth-order valence-electron chi connectivity index (χ4n) is 5.33. The smallest absolute Gasteiger partial charge is 0.0103 e. The van der Waals surface area contributed by atoms with Gasteiger partial charge in [0.1, 0.15) is 0 Å². The van der Waals surface area contributed by atoms with Crippen molar-refractivity contribution in [1.82, 2.24) is 5.32 Å². The fourth-order valence-corrected chi connectivity index (χ4v) is 5.33. The normalized spacial score (nSPS) is 51.9. The van der Waals surface area contributed by atoms with E-state index >= 15 is 0 Å². The molecule has 1 nitrogen and oxygen atoms in total. The Hall–Kier alpha value is -0.0400. The molecule has 90 valence electrons. The first-order valence-electron chi connectivity index (χ1n) is 7.59. The molecule has 4 rings (SSSR count). The third-order valence-corrected chi connectivity index (χ3v) is 6.23. The summed E-state index contributed by atoms with van der Waals surface area (Å²) in [4.78, 5) is 0. The van der Waals surface area contributed by atoms with Crippen molar-refractivity contribution in [1.29, 1.82) is 0 Å². The van der Waals surface area contributed by atoms with E-state index in [0.29, 0.717) is 0 Å². The van der Waals surface area contributed by atoms with E-state index in [9.17, 15) is 0 Å². The van der Waals surface area contributed by atoms with Gasteiger partial charge in [0.15, 0.2) is 0 Å². The molecule has 2 bridgehead atoms. The van der Waals surface area contributed by atoms with Crippen molar-refractivity contribution >= 4 is 0 Å². The summed E-state index contributed by atoms with van der Waals surface area (Å²) in [6, 6.07) is 1.71. The van der Waals surface area contributed by atoms with E-state index in [1.807, 2.05) is 0 Å². The van der Waals surface area contributed by atoms with Crippen LogP contribution in [-0.4, -0.2) is 12.1 Å². The Morgan fingerprint density at radius 1 is 0.938 bits per heavy atom. The van der Waals surface area contributed by atoms with Crippen molar-refractivity contribution in [3.8, 4) is 0 Å². The first-order chi connectivity index (χ1) is 7.83. The van der Waals surface area contributed by atoms with Crippen LogP contribution in [0, 0.1) is 29.6 Å². The van der Waals surface area contributed by atoms with Crippen LogP contribution in [-0.2, 0) is 0 Å². The second-order valence-electron chi connectivity index (χ2n) is 7.05. The van der Waals surface area contributed by atoms with E-state index in [1.54, 1.807) is 19.3 Å². The predicted molar refractivity (Wildman–Crippen MR) is 66.2 cm³/mol. The summed E-state index contributed by atoms with van der Waals surface area (Å²) >= 11 is 0. The molecule has 4 saturated carbocycles. The number of hydrogen-bond donors (Lipinski definition) is 1. The Morgan fingerprint density at radius 3 is 2.56 bits per heavy atom. The van der Waals surface area contributed by atoms with Crippen LogP contribution in [0.1, 0.15) is 51.9 Å². The highest BCUT2D eigenvalue weighted by Crippen LogP contribution is 2.58. The van der Waals surface area contributed by atoms with Crippen LogP contribution in [0.2, 0.25) is 0 Å². The molecule has 4 aliphatic carbocycles. The van der Waals surface area contributed by atoms with Gasteiger partial charge >= 0.3 is 0 Å². The molecule has 6 atom stereocenters. The van der Waals surface area contributed by atoms with Crippen LogP contribution < -0.4 is 5.32 Å². The lowest BCUT2D eigenvalue weighted by Gasteiger charge is -2.34. The van der Waals surface area contributed by atoms with Crippen LogP contribution in [0.15, 0.2) is 0 Å². The lowest BCUT2D eigenvalue weighted by Crippen LogP contribution is -2.44. The molecule has 1 heteroatoms. The second kappa shape index (κ2) is 3.48. The number of rotatable bonds is 3. The molecule has 0 amide bonds. The van der Waals surface area contributed by atoms with E-state index in [4.69, 9.17) is 0 Å². The van der Waals surface area contributed by atoms with Crippen molar-refractivity contribution in [3.63, 3.8) is 0 Å². The maximum atomic E-state index is 3.98. The van der Waals surface area contributed by atoms with E-state index in [0.717, 1.165) is 41.7 Å². The van der Waals surface area contributed by atoms with Gasteiger partial charge in [-0.05, 0) is 75.0 Å². The molecule has 0 saturated heterocycles. The molecule has 0 radical (unpaired) electrons. The SMILES string of the molecule is CC(NC1CC2CC1C1CCCC21)C1CC1. The summed E-state index contributed by atoms with van der Waals surface area (Å²) in [5.41, 5.74) is 0. The largest absolute Gasteiger partial charge is 0.311 e. The molecule has 6 unspecified atom stereocenters. The molecule has 1 N–H and O–H groups in total. The first kappa shape index (κ1) is 9.94. The minimum atomic E-state index is 0.809. The van der Waals surface area contributed by atoms with Gasteiger partial charge in [-0.3, -0.25) is 0 Å². The third kappa shape index (κ3) is 1.40. The minimum Gasteiger partial charge on any atom is -0.311 e. The van der Waals surface area contributed by atoms with Crippen LogP contribution in [0.25, 0.3) is 0 Å². The Bertz CT molecular complexity index is 283. The van der Waals surface area contributed by atoms with Crippen molar-refractivity contribution in [3.05, 3.63) is 0 Å². The monoisotopic (exact) mass is 219 g/mol. The fraction of sp³-hybridized carbons (Fsp3) is 1.00. The molecule has 0 heterocycles. The lowest BCUT2D eigenvalue weighted by atomic mass is 9.79. The lowest BCUT2D eigenvalue weighted by molar-refractivity contribution is 0.196. The van der Waals surface area contributed by atoms with Crippen LogP contribution >= 0.6 is 0 Å². The predicted octanol–water partition coefficient (Wildman–Crippen LogP) is 3.20. The Balaban J connectivity index is 1.43. The summed E-state index contributed by atoms with van der Waals surface area (Å²) in [5.74, 6) is 5.49. The average molecular weight is 219 g/mol. The molecule has 0 aromatic rings. The highest BCUT2D eigenvalue weighted by atomic mass is 15.0. The topological polar surface area (TPSA) is 12.0 Å². The number of hydrogen-bond acceptors (Lipinski definition) is 1. The molecule has 0 aliphatic heterocycles. The van der Waals surface area contributed by atoms with E-state index in [2.05, 4.69) is 12.2 Å². The molecule has 0 aromatic carbocycles. The maximum absolute atomic E-state index is 3.98. The molecule has 0 aromatic heterocycles. The van der Waals surface area contributed by atoms with Gasteiger partial charge in [-0.15, -0.1) is 0 Å². The van der Waals surface area contributed by atoms with Gasteiger partial charge < -0.3 is 5.32 Å². The average Bonchev–Trinajstić information content (AvgIpc) is 2.73. The highest BCUT2D eigenvalue weighted by Gasteiger charge is 2.54. The molecular formula is C15H25N. The van der Waals surface area contributed by atoms with Crippen LogP contribution in [0.5, 0.6) is 0 Å².